The van der Waals surface area contributed by atoms with Crippen LogP contribution in [0.4, 0.5) is 0 Å². The lowest BCUT2D eigenvalue weighted by Crippen LogP contribution is -2.27. The molecular formula is C21H31N3O. The molecule has 2 heterocycles. The average molecular weight is 341 g/mol. The van der Waals surface area contributed by atoms with Crippen molar-refractivity contribution < 1.29 is 4.79 Å². The highest BCUT2D eigenvalue weighted by Crippen LogP contribution is 2.14. The molecule has 136 valence electrons. The number of imidazole rings is 1. The van der Waals surface area contributed by atoms with Gasteiger partial charge in [0.1, 0.15) is 11.3 Å². The Morgan fingerprint density at radius 2 is 2.04 bits per heavy atom. The Balaban J connectivity index is 0.00000151. The molecule has 2 aromatic rings. The topological polar surface area (TPSA) is 46.4 Å². The van der Waals surface area contributed by atoms with Crippen LogP contribution in [0.5, 0.6) is 0 Å². The van der Waals surface area contributed by atoms with Gasteiger partial charge in [-0.2, -0.15) is 0 Å². The fraction of sp³-hybridized carbons (Fsp3) is 0.429. The van der Waals surface area contributed by atoms with Crippen LogP contribution in [0.2, 0.25) is 0 Å². The van der Waals surface area contributed by atoms with Crippen molar-refractivity contribution in [1.82, 2.24) is 14.7 Å². The van der Waals surface area contributed by atoms with Crippen molar-refractivity contribution in [2.24, 2.45) is 0 Å². The Morgan fingerprint density at radius 3 is 2.68 bits per heavy atom. The van der Waals surface area contributed by atoms with Gasteiger partial charge >= 0.3 is 0 Å². The molecule has 0 saturated heterocycles. The molecule has 1 N–H and O–H groups in total. The number of carbonyl (C=O) groups is 1. The molecular weight excluding hydrogens is 310 g/mol. The van der Waals surface area contributed by atoms with Crippen molar-refractivity contribution in [1.29, 1.82) is 0 Å². The maximum Gasteiger partial charge on any atom is 0.270 e. The van der Waals surface area contributed by atoms with Gasteiger partial charge in [0.15, 0.2) is 0 Å². The van der Waals surface area contributed by atoms with E-state index in [0.29, 0.717) is 12.2 Å². The van der Waals surface area contributed by atoms with E-state index in [2.05, 4.69) is 29.9 Å². The number of carbonyl (C=O) groups excluding carboxylic acids is 1. The van der Waals surface area contributed by atoms with Crippen LogP contribution in [0.25, 0.3) is 5.65 Å². The number of amides is 1. The molecule has 2 rings (SSSR count). The van der Waals surface area contributed by atoms with Crippen LogP contribution in [0, 0.1) is 13.8 Å². The molecule has 0 aliphatic heterocycles. The fourth-order valence-electron chi connectivity index (χ4n) is 2.63. The summed E-state index contributed by atoms with van der Waals surface area (Å²) < 4.78 is 1.84. The van der Waals surface area contributed by atoms with E-state index < -0.39 is 0 Å². The number of fused-ring (bicyclic) bond motifs is 1. The van der Waals surface area contributed by atoms with Crippen molar-refractivity contribution in [3.8, 4) is 0 Å². The molecule has 0 atom stereocenters. The van der Waals surface area contributed by atoms with Gasteiger partial charge in [0.2, 0.25) is 0 Å². The number of allylic oxidation sites excluding steroid dienone is 2. The summed E-state index contributed by atoms with van der Waals surface area (Å²) in [5.74, 6) is -0.104. The van der Waals surface area contributed by atoms with Crippen molar-refractivity contribution in [2.45, 2.75) is 54.4 Å². The number of aryl methyl sites for hydroxylation is 2. The van der Waals surface area contributed by atoms with Crippen LogP contribution in [0.15, 0.2) is 42.1 Å². The van der Waals surface area contributed by atoms with E-state index in [9.17, 15) is 4.79 Å². The zero-order valence-corrected chi connectivity index (χ0v) is 16.4. The minimum atomic E-state index is -0.104. The van der Waals surface area contributed by atoms with E-state index in [1.165, 1.54) is 0 Å². The predicted octanol–water partition coefficient (Wildman–Crippen LogP) is 5.01. The number of rotatable bonds is 6. The second-order valence-electron chi connectivity index (χ2n) is 6.06. The third-order valence-electron chi connectivity index (χ3n) is 3.72. The Hall–Kier alpha value is -2.36. The molecule has 0 aromatic carbocycles. The number of nitrogens with zero attached hydrogens (tertiary/aromatic N) is 2. The average Bonchev–Trinajstić information content (AvgIpc) is 2.89. The molecule has 1 amide bonds. The van der Waals surface area contributed by atoms with E-state index >= 15 is 0 Å². The molecule has 4 heteroatoms. The standard InChI is InChI=1S/C19H25N3O.C2H6/c1-6-7-13(2)10-15(4)12-20-19(23)18-16(5)21-17-11-14(3)8-9-22(17)18;1-2/h8-11H,2,6-7,12H2,1,3-5H3,(H,20,23);1-2H3/b15-10+;. The van der Waals surface area contributed by atoms with E-state index in [1.54, 1.807) is 0 Å². The number of nitrogens with one attached hydrogen (secondary N) is 1. The zero-order valence-electron chi connectivity index (χ0n) is 16.4. The first-order chi connectivity index (χ1) is 11.9. The van der Waals surface area contributed by atoms with Crippen molar-refractivity contribution in [3.05, 3.63) is 59.1 Å². The lowest BCUT2D eigenvalue weighted by molar-refractivity contribution is 0.0950. The lowest BCUT2D eigenvalue weighted by atomic mass is 10.1. The van der Waals surface area contributed by atoms with Gasteiger partial charge in [-0.05, 0) is 44.9 Å². The quantitative estimate of drug-likeness (QED) is 0.751. The van der Waals surface area contributed by atoms with Crippen molar-refractivity contribution >= 4 is 11.6 Å². The molecule has 0 aliphatic carbocycles. The summed E-state index contributed by atoms with van der Waals surface area (Å²) in [7, 11) is 0. The second-order valence-corrected chi connectivity index (χ2v) is 6.06. The van der Waals surface area contributed by atoms with Crippen molar-refractivity contribution in [2.75, 3.05) is 6.54 Å². The highest BCUT2D eigenvalue weighted by molar-refractivity contribution is 5.94. The maximum atomic E-state index is 12.5. The van der Waals surface area contributed by atoms with Gasteiger partial charge in [0.25, 0.3) is 5.91 Å². The normalized spacial score (nSPS) is 11.0. The summed E-state index contributed by atoms with van der Waals surface area (Å²) in [5, 5.41) is 2.97. The van der Waals surface area contributed by atoms with E-state index in [-0.39, 0.29) is 5.91 Å². The summed E-state index contributed by atoms with van der Waals surface area (Å²) in [6.07, 6.45) is 6.01. The molecule has 0 bridgehead atoms. The summed E-state index contributed by atoms with van der Waals surface area (Å²) in [6, 6.07) is 3.95. The first-order valence-electron chi connectivity index (χ1n) is 9.00. The number of hydrogen-bond acceptors (Lipinski definition) is 2. The third kappa shape index (κ3) is 5.59. The number of aromatic nitrogens is 2. The van der Waals surface area contributed by atoms with Crippen LogP contribution in [0.1, 0.15) is 62.3 Å². The van der Waals surface area contributed by atoms with Crippen LogP contribution in [-0.4, -0.2) is 21.8 Å². The summed E-state index contributed by atoms with van der Waals surface area (Å²) >= 11 is 0. The first-order valence-corrected chi connectivity index (χ1v) is 9.00. The van der Waals surface area contributed by atoms with Crippen LogP contribution in [-0.2, 0) is 0 Å². The number of pyridine rings is 1. The van der Waals surface area contributed by atoms with Gasteiger partial charge in [-0.15, -0.1) is 0 Å². The summed E-state index contributed by atoms with van der Waals surface area (Å²) in [5.41, 5.74) is 5.46. The molecule has 0 aliphatic rings. The largest absolute Gasteiger partial charge is 0.347 e. The molecule has 0 saturated carbocycles. The molecule has 25 heavy (non-hydrogen) atoms. The highest BCUT2D eigenvalue weighted by Gasteiger charge is 2.16. The smallest absolute Gasteiger partial charge is 0.270 e. The van der Waals surface area contributed by atoms with E-state index in [1.807, 2.05) is 57.3 Å². The first kappa shape index (κ1) is 20.7. The predicted molar refractivity (Wildman–Crippen MR) is 106 cm³/mol. The monoisotopic (exact) mass is 341 g/mol. The lowest BCUT2D eigenvalue weighted by Gasteiger charge is -2.07. The molecule has 0 spiro atoms. The van der Waals surface area contributed by atoms with Gasteiger partial charge < -0.3 is 5.32 Å². The Morgan fingerprint density at radius 1 is 1.36 bits per heavy atom. The van der Waals surface area contributed by atoms with Crippen LogP contribution < -0.4 is 5.32 Å². The van der Waals surface area contributed by atoms with Gasteiger partial charge in [-0.1, -0.05) is 51.0 Å². The van der Waals surface area contributed by atoms with E-state index in [4.69, 9.17) is 0 Å². The minimum absolute atomic E-state index is 0.104. The maximum absolute atomic E-state index is 12.5. The van der Waals surface area contributed by atoms with Crippen LogP contribution >= 0.6 is 0 Å². The van der Waals surface area contributed by atoms with Gasteiger partial charge in [0, 0.05) is 12.7 Å². The summed E-state index contributed by atoms with van der Waals surface area (Å²) in [6.45, 7) is 16.6. The molecule has 2 aromatic heterocycles. The number of hydrogen-bond donors (Lipinski definition) is 1. The van der Waals surface area contributed by atoms with Gasteiger partial charge in [-0.25, -0.2) is 4.98 Å². The highest BCUT2D eigenvalue weighted by atomic mass is 16.1. The van der Waals surface area contributed by atoms with Gasteiger partial charge in [0.05, 0.1) is 5.69 Å². The third-order valence-corrected chi connectivity index (χ3v) is 3.72. The van der Waals surface area contributed by atoms with Crippen molar-refractivity contribution in [3.63, 3.8) is 0 Å². The zero-order chi connectivity index (χ0) is 19.0. The Labute approximate surface area is 151 Å². The van der Waals surface area contributed by atoms with Crippen LogP contribution in [0.3, 0.4) is 0 Å². The molecule has 0 unspecified atom stereocenters. The van der Waals surface area contributed by atoms with E-state index in [0.717, 1.165) is 40.9 Å². The SMILES string of the molecule is C=C(/C=C(\C)CNC(=O)c1c(C)nc2cc(C)ccn12)CCC.CC. The molecule has 0 radical (unpaired) electrons. The summed E-state index contributed by atoms with van der Waals surface area (Å²) in [4.78, 5) is 17.0. The Kier molecular flexibility index (Phi) is 8.12. The fourth-order valence-corrected chi connectivity index (χ4v) is 2.63. The molecule has 4 nitrogen and oxygen atoms in total. The Bertz CT molecular complexity index is 769. The van der Waals surface area contributed by atoms with Gasteiger partial charge in [-0.3, -0.25) is 9.20 Å². The molecule has 0 fully saturated rings. The second kappa shape index (κ2) is 9.82. The minimum Gasteiger partial charge on any atom is -0.347 e.